The molecule has 5 heteroatoms. The predicted molar refractivity (Wildman–Crippen MR) is 131 cm³/mol. The van der Waals surface area contributed by atoms with Gasteiger partial charge in [-0.25, -0.2) is 0 Å². The fourth-order valence-electron chi connectivity index (χ4n) is 4.42. The maximum absolute atomic E-state index is 12.8. The topological polar surface area (TPSA) is 58.6 Å². The zero-order chi connectivity index (χ0) is 23.0. The minimum atomic E-state index is -0.160. The molecular formula is C28H32N2O3. The Hall–Kier alpha value is -3.34. The number of para-hydroxylation sites is 1. The Bertz CT molecular complexity index is 1110. The summed E-state index contributed by atoms with van der Waals surface area (Å²) in [6.45, 7) is 3.70. The van der Waals surface area contributed by atoms with Crippen LogP contribution in [0.3, 0.4) is 0 Å². The zero-order valence-corrected chi connectivity index (χ0v) is 19.3. The van der Waals surface area contributed by atoms with Crippen LogP contribution in [-0.4, -0.2) is 36.4 Å². The van der Waals surface area contributed by atoms with E-state index in [0.29, 0.717) is 18.6 Å². The molecule has 4 rings (SSSR count). The summed E-state index contributed by atoms with van der Waals surface area (Å²) in [7, 11) is 0. The zero-order valence-electron chi connectivity index (χ0n) is 19.3. The number of hydrogen-bond acceptors (Lipinski definition) is 3. The van der Waals surface area contributed by atoms with Crippen molar-refractivity contribution in [2.24, 2.45) is 0 Å². The van der Waals surface area contributed by atoms with E-state index in [0.717, 1.165) is 43.5 Å². The van der Waals surface area contributed by atoms with Crippen molar-refractivity contribution in [3.05, 3.63) is 77.9 Å². The van der Waals surface area contributed by atoms with Crippen LogP contribution in [0.4, 0.5) is 0 Å². The lowest BCUT2D eigenvalue weighted by Gasteiger charge is -2.22. The lowest BCUT2D eigenvalue weighted by atomic mass is 10.0. The number of carbonyl (C=O) groups excluding carboxylic acids is 2. The van der Waals surface area contributed by atoms with Crippen LogP contribution in [0.25, 0.3) is 10.8 Å². The molecule has 3 aromatic carbocycles. The molecule has 5 nitrogen and oxygen atoms in total. The number of carbonyl (C=O) groups is 2. The third-order valence-electron chi connectivity index (χ3n) is 6.30. The van der Waals surface area contributed by atoms with Crippen LogP contribution in [0.15, 0.2) is 66.7 Å². The molecule has 1 unspecified atom stereocenters. The van der Waals surface area contributed by atoms with Crippen LogP contribution in [0.1, 0.15) is 49.8 Å². The SMILES string of the molecule is CCC(NC(=O)CCc1ccc2ccccc2c1)c1ccccc1OCC(=O)N1CCCC1. The Balaban J connectivity index is 1.35. The predicted octanol–water partition coefficient (Wildman–Crippen LogP) is 5.04. The van der Waals surface area contributed by atoms with E-state index in [2.05, 4.69) is 35.6 Å². The molecule has 3 aromatic rings. The third-order valence-corrected chi connectivity index (χ3v) is 6.30. The van der Waals surface area contributed by atoms with Gasteiger partial charge < -0.3 is 15.0 Å². The quantitative estimate of drug-likeness (QED) is 0.503. The standard InChI is InChI=1S/C28H32N2O3/c1-2-25(24-11-5-6-12-26(24)33-20-28(32)30-17-7-8-18-30)29-27(31)16-14-21-13-15-22-9-3-4-10-23(22)19-21/h3-6,9-13,15,19,25H,2,7-8,14,16-18,20H2,1H3,(H,29,31). The first-order chi connectivity index (χ1) is 16.1. The molecule has 0 spiro atoms. The number of nitrogens with one attached hydrogen (secondary N) is 1. The molecule has 1 saturated heterocycles. The molecule has 1 atom stereocenters. The van der Waals surface area contributed by atoms with Crippen LogP contribution in [0, 0.1) is 0 Å². The van der Waals surface area contributed by atoms with Crippen LogP contribution in [-0.2, 0) is 16.0 Å². The number of ether oxygens (including phenoxy) is 1. The highest BCUT2D eigenvalue weighted by Gasteiger charge is 2.21. The van der Waals surface area contributed by atoms with Gasteiger partial charge in [0.1, 0.15) is 5.75 Å². The Morgan fingerprint density at radius 2 is 1.70 bits per heavy atom. The molecule has 0 saturated carbocycles. The van der Waals surface area contributed by atoms with Crippen molar-refractivity contribution in [2.45, 2.75) is 45.1 Å². The molecule has 1 fully saturated rings. The highest BCUT2D eigenvalue weighted by Crippen LogP contribution is 2.27. The average Bonchev–Trinajstić information content (AvgIpc) is 3.40. The van der Waals surface area contributed by atoms with Crippen molar-refractivity contribution < 1.29 is 14.3 Å². The highest BCUT2D eigenvalue weighted by molar-refractivity contribution is 5.83. The van der Waals surface area contributed by atoms with Gasteiger partial charge in [-0.05, 0) is 48.1 Å². The second kappa shape index (κ2) is 11.0. The minimum absolute atomic E-state index is 0.0120. The first-order valence-electron chi connectivity index (χ1n) is 11.9. The monoisotopic (exact) mass is 444 g/mol. The van der Waals surface area contributed by atoms with Gasteiger partial charge in [-0.15, -0.1) is 0 Å². The highest BCUT2D eigenvalue weighted by atomic mass is 16.5. The summed E-state index contributed by atoms with van der Waals surface area (Å²) in [6.07, 6.45) is 3.97. The fourth-order valence-corrected chi connectivity index (χ4v) is 4.42. The van der Waals surface area contributed by atoms with E-state index >= 15 is 0 Å². The summed E-state index contributed by atoms with van der Waals surface area (Å²) in [5.74, 6) is 0.694. The van der Waals surface area contributed by atoms with Gasteiger partial charge in [0.15, 0.2) is 6.61 Å². The summed E-state index contributed by atoms with van der Waals surface area (Å²) in [5.41, 5.74) is 2.06. The fraction of sp³-hybridized carbons (Fsp3) is 0.357. The summed E-state index contributed by atoms with van der Waals surface area (Å²) in [4.78, 5) is 27.0. The lowest BCUT2D eigenvalue weighted by Crippen LogP contribution is -2.32. The number of fused-ring (bicyclic) bond motifs is 1. The molecule has 0 aromatic heterocycles. The van der Waals surface area contributed by atoms with E-state index < -0.39 is 0 Å². The van der Waals surface area contributed by atoms with Crippen molar-refractivity contribution in [3.8, 4) is 5.75 Å². The first kappa shape index (κ1) is 22.8. The number of benzene rings is 3. The van der Waals surface area contributed by atoms with E-state index in [4.69, 9.17) is 4.74 Å². The van der Waals surface area contributed by atoms with Gasteiger partial charge in [0.25, 0.3) is 5.91 Å². The van der Waals surface area contributed by atoms with E-state index in [1.165, 1.54) is 10.8 Å². The molecule has 1 heterocycles. The van der Waals surface area contributed by atoms with Gasteiger partial charge in [0.2, 0.25) is 5.91 Å². The number of hydrogen-bond donors (Lipinski definition) is 1. The van der Waals surface area contributed by atoms with Crippen molar-refractivity contribution in [3.63, 3.8) is 0 Å². The molecule has 33 heavy (non-hydrogen) atoms. The molecular weight excluding hydrogens is 412 g/mol. The van der Waals surface area contributed by atoms with E-state index in [1.807, 2.05) is 48.2 Å². The molecule has 1 aliphatic heterocycles. The molecule has 2 amide bonds. The van der Waals surface area contributed by atoms with Crippen LogP contribution >= 0.6 is 0 Å². The van der Waals surface area contributed by atoms with E-state index in [-0.39, 0.29) is 24.5 Å². The normalized spacial score (nSPS) is 14.3. The summed E-state index contributed by atoms with van der Waals surface area (Å²) < 4.78 is 5.90. The second-order valence-electron chi connectivity index (χ2n) is 8.62. The summed E-state index contributed by atoms with van der Waals surface area (Å²) >= 11 is 0. The Labute approximate surface area is 195 Å². The maximum Gasteiger partial charge on any atom is 0.260 e. The number of amides is 2. The van der Waals surface area contributed by atoms with Gasteiger partial charge in [0, 0.05) is 25.1 Å². The van der Waals surface area contributed by atoms with Gasteiger partial charge >= 0.3 is 0 Å². The molecule has 1 aliphatic rings. The van der Waals surface area contributed by atoms with Crippen molar-refractivity contribution in [1.29, 1.82) is 0 Å². The van der Waals surface area contributed by atoms with Crippen molar-refractivity contribution in [1.82, 2.24) is 10.2 Å². The third kappa shape index (κ3) is 5.92. The van der Waals surface area contributed by atoms with Crippen molar-refractivity contribution in [2.75, 3.05) is 19.7 Å². The Morgan fingerprint density at radius 3 is 2.48 bits per heavy atom. The van der Waals surface area contributed by atoms with E-state index in [1.54, 1.807) is 0 Å². The molecule has 172 valence electrons. The number of aryl methyl sites for hydroxylation is 1. The molecule has 0 bridgehead atoms. The second-order valence-corrected chi connectivity index (χ2v) is 8.62. The van der Waals surface area contributed by atoms with Crippen LogP contribution in [0.2, 0.25) is 0 Å². The summed E-state index contributed by atoms with van der Waals surface area (Å²) in [5, 5.41) is 5.56. The Morgan fingerprint density at radius 1 is 0.970 bits per heavy atom. The Kier molecular flexibility index (Phi) is 7.61. The van der Waals surface area contributed by atoms with E-state index in [9.17, 15) is 9.59 Å². The molecule has 0 aliphatic carbocycles. The van der Waals surface area contributed by atoms with Gasteiger partial charge in [0.05, 0.1) is 6.04 Å². The van der Waals surface area contributed by atoms with Crippen molar-refractivity contribution >= 4 is 22.6 Å². The average molecular weight is 445 g/mol. The van der Waals surface area contributed by atoms with Crippen LogP contribution in [0.5, 0.6) is 5.75 Å². The summed E-state index contributed by atoms with van der Waals surface area (Å²) in [6, 6.07) is 22.1. The van der Waals surface area contributed by atoms with Gasteiger partial charge in [-0.3, -0.25) is 9.59 Å². The number of likely N-dealkylation sites (tertiary alicyclic amines) is 1. The first-order valence-corrected chi connectivity index (χ1v) is 11.9. The lowest BCUT2D eigenvalue weighted by molar-refractivity contribution is -0.132. The smallest absolute Gasteiger partial charge is 0.260 e. The molecule has 0 radical (unpaired) electrons. The minimum Gasteiger partial charge on any atom is -0.483 e. The van der Waals surface area contributed by atoms with Crippen LogP contribution < -0.4 is 10.1 Å². The van der Waals surface area contributed by atoms with Gasteiger partial charge in [-0.2, -0.15) is 0 Å². The maximum atomic E-state index is 12.8. The number of nitrogens with zero attached hydrogens (tertiary/aromatic N) is 1. The molecule has 1 N–H and O–H groups in total. The largest absolute Gasteiger partial charge is 0.483 e. The number of rotatable bonds is 9. The van der Waals surface area contributed by atoms with Gasteiger partial charge in [-0.1, -0.05) is 67.6 Å².